The highest BCUT2D eigenvalue weighted by molar-refractivity contribution is 7.78. The Balaban J connectivity index is 1.67. The quantitative estimate of drug-likeness (QED) is 0.731. The third-order valence-corrected chi connectivity index (χ3v) is 3.75. The summed E-state index contributed by atoms with van der Waals surface area (Å²) >= 11 is -2.15. The van der Waals surface area contributed by atoms with Gasteiger partial charge in [0.15, 0.2) is 0 Å². The maximum absolute atomic E-state index is 11.8. The lowest BCUT2D eigenvalue weighted by molar-refractivity contribution is -0.139. The highest BCUT2D eigenvalue weighted by atomic mass is 32.2. The molecular weight excluding hydrogens is 270 g/mol. The van der Waals surface area contributed by atoms with Gasteiger partial charge in [0.05, 0.1) is 6.10 Å². The number of carbonyl (C=O) groups is 1. The first-order chi connectivity index (χ1) is 8.69. The molecule has 110 valence electrons. The topological polar surface area (TPSA) is 78.9 Å². The zero-order valence-electron chi connectivity index (χ0n) is 11.5. The zero-order chi connectivity index (χ0) is 14.3. The minimum absolute atomic E-state index is 0.0127. The van der Waals surface area contributed by atoms with Crippen molar-refractivity contribution in [1.82, 2.24) is 4.90 Å². The molecule has 2 aliphatic rings. The fraction of sp³-hybridized carbons (Fsp3) is 0.917. The van der Waals surface area contributed by atoms with Crippen LogP contribution in [-0.4, -0.2) is 50.5 Å². The molecule has 0 bridgehead atoms. The smallest absolute Gasteiger partial charge is 0.410 e. The van der Waals surface area contributed by atoms with E-state index in [2.05, 4.69) is 0 Å². The summed E-state index contributed by atoms with van der Waals surface area (Å²) in [6, 6.07) is 0. The molecule has 6 nitrogen and oxygen atoms in total. The van der Waals surface area contributed by atoms with Crippen molar-refractivity contribution in [3.8, 4) is 0 Å². The van der Waals surface area contributed by atoms with Crippen molar-refractivity contribution < 1.29 is 23.0 Å². The Kier molecular flexibility index (Phi) is 3.90. The molecule has 1 aliphatic heterocycles. The van der Waals surface area contributed by atoms with E-state index in [0.29, 0.717) is 13.1 Å². The van der Waals surface area contributed by atoms with Crippen LogP contribution in [0.4, 0.5) is 4.79 Å². The van der Waals surface area contributed by atoms with E-state index in [1.807, 2.05) is 20.8 Å². The fourth-order valence-corrected chi connectivity index (χ4v) is 2.96. The Morgan fingerprint density at radius 3 is 2.47 bits per heavy atom. The number of nitrogens with zero attached hydrogens (tertiary/aromatic N) is 1. The van der Waals surface area contributed by atoms with Crippen molar-refractivity contribution in [2.24, 2.45) is 5.41 Å². The maximum Gasteiger partial charge on any atom is 0.410 e. The van der Waals surface area contributed by atoms with Crippen LogP contribution in [0.5, 0.6) is 0 Å². The summed E-state index contributed by atoms with van der Waals surface area (Å²) in [5.74, 6) is -0.240. The Bertz CT molecular complexity index is 378. The summed E-state index contributed by atoms with van der Waals surface area (Å²) < 4.78 is 31.2. The van der Waals surface area contributed by atoms with E-state index in [-0.39, 0.29) is 23.6 Å². The minimum Gasteiger partial charge on any atom is -0.771 e. The molecule has 1 saturated carbocycles. The number of carbonyl (C=O) groups excluding carboxylic acids is 1. The summed E-state index contributed by atoms with van der Waals surface area (Å²) in [6.45, 7) is 6.90. The molecule has 2 rings (SSSR count). The van der Waals surface area contributed by atoms with Gasteiger partial charge in [-0.05, 0) is 44.7 Å². The average molecular weight is 290 g/mol. The SMILES string of the molecule is CC(C)(C)OC(=O)N1CC2(CC(OCS(=O)[O-])C2)C1. The second kappa shape index (κ2) is 5.03. The molecule has 0 aromatic rings. The van der Waals surface area contributed by atoms with E-state index < -0.39 is 16.7 Å². The Morgan fingerprint density at radius 2 is 2.00 bits per heavy atom. The van der Waals surface area contributed by atoms with E-state index in [1.54, 1.807) is 4.90 Å². The molecule has 1 spiro atoms. The molecule has 1 heterocycles. The molecule has 7 heteroatoms. The zero-order valence-corrected chi connectivity index (χ0v) is 12.3. The Labute approximate surface area is 115 Å². The summed E-state index contributed by atoms with van der Waals surface area (Å²) in [5, 5.41) is 0. The first kappa shape index (κ1) is 14.7. The van der Waals surface area contributed by atoms with Crippen molar-refractivity contribution in [2.75, 3.05) is 19.0 Å². The van der Waals surface area contributed by atoms with Gasteiger partial charge < -0.3 is 18.9 Å². The summed E-state index contributed by atoms with van der Waals surface area (Å²) in [4.78, 5) is 13.4. The molecule has 1 aliphatic carbocycles. The molecule has 2 fully saturated rings. The van der Waals surface area contributed by atoms with E-state index in [4.69, 9.17) is 9.47 Å². The van der Waals surface area contributed by atoms with Gasteiger partial charge in [0.2, 0.25) is 0 Å². The molecule has 0 radical (unpaired) electrons. The number of hydrogen-bond acceptors (Lipinski definition) is 5. The van der Waals surface area contributed by atoms with Gasteiger partial charge in [-0.1, -0.05) is 0 Å². The molecule has 19 heavy (non-hydrogen) atoms. The van der Waals surface area contributed by atoms with E-state index in [1.165, 1.54) is 0 Å². The fourth-order valence-electron chi connectivity index (χ4n) is 2.65. The minimum atomic E-state index is -2.15. The van der Waals surface area contributed by atoms with Crippen LogP contribution < -0.4 is 0 Å². The van der Waals surface area contributed by atoms with Gasteiger partial charge >= 0.3 is 6.09 Å². The molecule has 1 unspecified atom stereocenters. The average Bonchev–Trinajstić information content (AvgIpc) is 2.08. The lowest BCUT2D eigenvalue weighted by atomic mass is 9.62. The molecule has 1 atom stereocenters. The normalized spacial score (nSPS) is 23.7. The maximum atomic E-state index is 11.8. The number of rotatable bonds is 3. The monoisotopic (exact) mass is 290 g/mol. The molecule has 0 N–H and O–H groups in total. The molecular formula is C12H20NO5S-. The first-order valence-corrected chi connectivity index (χ1v) is 7.59. The second-order valence-corrected chi connectivity index (χ2v) is 7.30. The predicted octanol–water partition coefficient (Wildman–Crippen LogP) is 1.24. The van der Waals surface area contributed by atoms with Crippen LogP contribution in [0.15, 0.2) is 0 Å². The molecule has 0 aromatic carbocycles. The van der Waals surface area contributed by atoms with E-state index >= 15 is 0 Å². The number of hydrogen-bond donors (Lipinski definition) is 0. The standard InChI is InChI=1S/C12H21NO5S/c1-11(2,3)18-10(14)13-6-12(7-13)4-9(5-12)17-8-19(15)16/h9H,4-8H2,1-3H3,(H,15,16)/p-1. The first-order valence-electron chi connectivity index (χ1n) is 6.35. The Morgan fingerprint density at radius 1 is 1.42 bits per heavy atom. The van der Waals surface area contributed by atoms with Crippen molar-refractivity contribution in [3.63, 3.8) is 0 Å². The lowest BCUT2D eigenvalue weighted by Gasteiger charge is -2.58. The van der Waals surface area contributed by atoms with Gasteiger partial charge in [-0.25, -0.2) is 4.79 Å². The van der Waals surface area contributed by atoms with Gasteiger partial charge in [-0.2, -0.15) is 0 Å². The van der Waals surface area contributed by atoms with Crippen molar-refractivity contribution >= 4 is 17.2 Å². The van der Waals surface area contributed by atoms with Crippen molar-refractivity contribution in [3.05, 3.63) is 0 Å². The predicted molar refractivity (Wildman–Crippen MR) is 68.1 cm³/mol. The third-order valence-electron chi connectivity index (χ3n) is 3.43. The van der Waals surface area contributed by atoms with E-state index in [0.717, 1.165) is 12.8 Å². The highest BCUT2D eigenvalue weighted by Crippen LogP contribution is 2.49. The second-order valence-electron chi connectivity index (χ2n) is 6.45. The van der Waals surface area contributed by atoms with Crippen molar-refractivity contribution in [1.29, 1.82) is 0 Å². The van der Waals surface area contributed by atoms with E-state index in [9.17, 15) is 13.6 Å². The molecule has 1 amide bonds. The summed E-state index contributed by atoms with van der Waals surface area (Å²) in [6.07, 6.45) is 1.38. The lowest BCUT2D eigenvalue weighted by Crippen LogP contribution is -2.65. The van der Waals surface area contributed by atoms with Gasteiger partial charge in [0, 0.05) is 18.5 Å². The van der Waals surface area contributed by atoms with Crippen LogP contribution in [0.3, 0.4) is 0 Å². The third kappa shape index (κ3) is 3.67. The van der Waals surface area contributed by atoms with Gasteiger partial charge in [-0.3, -0.25) is 4.21 Å². The van der Waals surface area contributed by atoms with Gasteiger partial charge in [0.1, 0.15) is 11.5 Å². The summed E-state index contributed by atoms with van der Waals surface area (Å²) in [5.41, 5.74) is -0.338. The summed E-state index contributed by atoms with van der Waals surface area (Å²) in [7, 11) is 0. The number of amides is 1. The molecule has 1 saturated heterocycles. The number of ether oxygens (including phenoxy) is 2. The van der Waals surface area contributed by atoms with Crippen LogP contribution in [0.1, 0.15) is 33.6 Å². The Hall–Kier alpha value is -0.660. The molecule has 0 aromatic heterocycles. The largest absolute Gasteiger partial charge is 0.771 e. The van der Waals surface area contributed by atoms with Gasteiger partial charge in [-0.15, -0.1) is 0 Å². The van der Waals surface area contributed by atoms with Crippen LogP contribution in [-0.2, 0) is 20.6 Å². The number of likely N-dealkylation sites (tertiary alicyclic amines) is 1. The highest BCUT2D eigenvalue weighted by Gasteiger charge is 2.54. The van der Waals surface area contributed by atoms with Crippen LogP contribution >= 0.6 is 0 Å². The van der Waals surface area contributed by atoms with Crippen molar-refractivity contribution in [2.45, 2.75) is 45.3 Å². The van der Waals surface area contributed by atoms with Gasteiger partial charge in [0.25, 0.3) is 0 Å². The van der Waals surface area contributed by atoms with Crippen LogP contribution in [0.2, 0.25) is 0 Å². The van der Waals surface area contributed by atoms with Crippen LogP contribution in [0, 0.1) is 5.41 Å². The van der Waals surface area contributed by atoms with Crippen LogP contribution in [0.25, 0.3) is 0 Å².